The van der Waals surface area contributed by atoms with Crippen molar-refractivity contribution in [2.45, 2.75) is 32.4 Å². The van der Waals surface area contributed by atoms with Crippen LogP contribution in [-0.2, 0) is 4.74 Å². The van der Waals surface area contributed by atoms with Crippen molar-refractivity contribution in [1.82, 2.24) is 4.90 Å². The number of carbonyl (C=O) groups excluding carboxylic acids is 1. The fourth-order valence-electron chi connectivity index (χ4n) is 1.30. The SMILES string of the molecule is CN(CC(N)c1cccs1)C(=O)OC(C)(C)C. The first-order valence-electron chi connectivity index (χ1n) is 5.52. The minimum atomic E-state index is -0.474. The van der Waals surface area contributed by atoms with Crippen molar-refractivity contribution >= 4 is 17.4 Å². The zero-order chi connectivity index (χ0) is 13.1. The monoisotopic (exact) mass is 256 g/mol. The zero-order valence-electron chi connectivity index (χ0n) is 10.8. The maximum Gasteiger partial charge on any atom is 0.410 e. The van der Waals surface area contributed by atoms with Crippen molar-refractivity contribution in [3.05, 3.63) is 22.4 Å². The number of nitrogens with two attached hydrogens (primary N) is 1. The maximum atomic E-state index is 11.7. The third-order valence-electron chi connectivity index (χ3n) is 2.08. The van der Waals surface area contributed by atoms with E-state index in [0.717, 1.165) is 4.88 Å². The quantitative estimate of drug-likeness (QED) is 0.904. The molecular weight excluding hydrogens is 236 g/mol. The van der Waals surface area contributed by atoms with E-state index in [1.165, 1.54) is 4.90 Å². The zero-order valence-corrected chi connectivity index (χ0v) is 11.6. The molecule has 1 rings (SSSR count). The second-order valence-corrected chi connectivity index (χ2v) is 5.96. The number of thiophene rings is 1. The predicted molar refractivity (Wildman–Crippen MR) is 70.1 cm³/mol. The van der Waals surface area contributed by atoms with Crippen LogP contribution >= 0.6 is 11.3 Å². The third kappa shape index (κ3) is 4.75. The number of rotatable bonds is 3. The van der Waals surface area contributed by atoms with Crippen LogP contribution in [0.5, 0.6) is 0 Å². The fraction of sp³-hybridized carbons (Fsp3) is 0.583. The van der Waals surface area contributed by atoms with Crippen molar-refractivity contribution in [2.24, 2.45) is 5.73 Å². The fourth-order valence-corrected chi connectivity index (χ4v) is 2.02. The van der Waals surface area contributed by atoms with E-state index in [2.05, 4.69) is 0 Å². The molecule has 1 heterocycles. The minimum absolute atomic E-state index is 0.160. The van der Waals surface area contributed by atoms with Crippen molar-refractivity contribution in [2.75, 3.05) is 13.6 Å². The molecule has 0 saturated carbocycles. The average molecular weight is 256 g/mol. The van der Waals surface area contributed by atoms with E-state index in [-0.39, 0.29) is 12.1 Å². The molecule has 4 nitrogen and oxygen atoms in total. The van der Waals surface area contributed by atoms with Gasteiger partial charge in [0.15, 0.2) is 0 Å². The van der Waals surface area contributed by atoms with Crippen LogP contribution in [0.15, 0.2) is 17.5 Å². The largest absolute Gasteiger partial charge is 0.444 e. The lowest BCUT2D eigenvalue weighted by Gasteiger charge is -2.26. The Hall–Kier alpha value is -1.07. The van der Waals surface area contributed by atoms with Crippen LogP contribution in [0.3, 0.4) is 0 Å². The summed E-state index contributed by atoms with van der Waals surface area (Å²) in [5.41, 5.74) is 5.53. The molecule has 0 radical (unpaired) electrons. The van der Waals surface area contributed by atoms with Crippen LogP contribution in [-0.4, -0.2) is 30.2 Å². The summed E-state index contributed by atoms with van der Waals surface area (Å²) < 4.78 is 5.25. The van der Waals surface area contributed by atoms with E-state index in [4.69, 9.17) is 10.5 Å². The van der Waals surface area contributed by atoms with Crippen molar-refractivity contribution in [3.63, 3.8) is 0 Å². The Balaban J connectivity index is 2.49. The summed E-state index contributed by atoms with van der Waals surface area (Å²) in [6.07, 6.45) is -0.343. The highest BCUT2D eigenvalue weighted by molar-refractivity contribution is 7.10. The molecule has 1 aromatic rings. The first kappa shape index (κ1) is 14.0. The Bertz CT molecular complexity index is 357. The number of likely N-dealkylation sites (N-methyl/N-ethyl adjacent to an activating group) is 1. The summed E-state index contributed by atoms with van der Waals surface area (Å²) in [5.74, 6) is 0. The van der Waals surface area contributed by atoms with Crippen LogP contribution in [0.25, 0.3) is 0 Å². The number of ether oxygens (including phenoxy) is 1. The Morgan fingerprint density at radius 3 is 2.71 bits per heavy atom. The molecule has 0 aliphatic rings. The van der Waals surface area contributed by atoms with E-state index in [9.17, 15) is 4.79 Å². The van der Waals surface area contributed by atoms with E-state index in [0.29, 0.717) is 6.54 Å². The topological polar surface area (TPSA) is 55.6 Å². The Labute approximate surface area is 106 Å². The summed E-state index contributed by atoms with van der Waals surface area (Å²) in [6.45, 7) is 5.99. The van der Waals surface area contributed by atoms with Crippen LogP contribution < -0.4 is 5.73 Å². The number of hydrogen-bond acceptors (Lipinski definition) is 4. The molecule has 5 heteroatoms. The lowest BCUT2D eigenvalue weighted by atomic mass is 10.2. The second kappa shape index (κ2) is 5.51. The number of carbonyl (C=O) groups is 1. The number of amides is 1. The second-order valence-electron chi connectivity index (χ2n) is 4.98. The summed E-state index contributed by atoms with van der Waals surface area (Å²) in [4.78, 5) is 14.3. The molecule has 0 aliphatic heterocycles. The molecule has 0 fully saturated rings. The van der Waals surface area contributed by atoms with Gasteiger partial charge >= 0.3 is 6.09 Å². The number of hydrogen-bond donors (Lipinski definition) is 1. The van der Waals surface area contributed by atoms with E-state index in [1.54, 1.807) is 18.4 Å². The van der Waals surface area contributed by atoms with E-state index >= 15 is 0 Å². The maximum absolute atomic E-state index is 11.7. The Kier molecular flexibility index (Phi) is 4.54. The molecule has 1 aromatic heterocycles. The highest BCUT2D eigenvalue weighted by Gasteiger charge is 2.21. The van der Waals surface area contributed by atoms with Crippen molar-refractivity contribution < 1.29 is 9.53 Å². The van der Waals surface area contributed by atoms with Crippen LogP contribution in [0, 0.1) is 0 Å². The summed E-state index contributed by atoms with van der Waals surface area (Å²) in [7, 11) is 1.70. The van der Waals surface area contributed by atoms with Gasteiger partial charge in [-0.15, -0.1) is 11.3 Å². The van der Waals surface area contributed by atoms with Gasteiger partial charge in [-0.1, -0.05) is 6.07 Å². The molecule has 0 saturated heterocycles. The molecule has 1 amide bonds. The molecule has 0 bridgehead atoms. The molecule has 0 aliphatic carbocycles. The van der Waals surface area contributed by atoms with Gasteiger partial charge < -0.3 is 15.4 Å². The van der Waals surface area contributed by atoms with Gasteiger partial charge in [-0.3, -0.25) is 0 Å². The van der Waals surface area contributed by atoms with Gasteiger partial charge in [-0.05, 0) is 32.2 Å². The molecule has 0 spiro atoms. The first-order valence-corrected chi connectivity index (χ1v) is 6.40. The van der Waals surface area contributed by atoms with Gasteiger partial charge in [0, 0.05) is 18.5 Å². The molecule has 17 heavy (non-hydrogen) atoms. The molecule has 1 unspecified atom stereocenters. The standard InChI is InChI=1S/C12H20N2O2S/c1-12(2,3)16-11(15)14(4)8-9(13)10-6-5-7-17-10/h5-7,9H,8,13H2,1-4H3. The van der Waals surface area contributed by atoms with Crippen LogP contribution in [0.1, 0.15) is 31.7 Å². The smallest absolute Gasteiger partial charge is 0.410 e. The Morgan fingerprint density at radius 1 is 1.59 bits per heavy atom. The first-order chi connectivity index (χ1) is 7.79. The average Bonchev–Trinajstić information content (AvgIpc) is 2.67. The van der Waals surface area contributed by atoms with Crippen LogP contribution in [0.2, 0.25) is 0 Å². The van der Waals surface area contributed by atoms with Crippen LogP contribution in [0.4, 0.5) is 4.79 Å². The van der Waals surface area contributed by atoms with Gasteiger partial charge in [0.25, 0.3) is 0 Å². The van der Waals surface area contributed by atoms with Gasteiger partial charge in [0.2, 0.25) is 0 Å². The highest BCUT2D eigenvalue weighted by atomic mass is 32.1. The predicted octanol–water partition coefficient (Wildman–Crippen LogP) is 2.61. The lowest BCUT2D eigenvalue weighted by molar-refractivity contribution is 0.0289. The van der Waals surface area contributed by atoms with E-state index in [1.807, 2.05) is 38.3 Å². The van der Waals surface area contributed by atoms with Gasteiger partial charge in [0.05, 0.1) is 6.04 Å². The molecular formula is C12H20N2O2S. The molecule has 1 atom stereocenters. The highest BCUT2D eigenvalue weighted by Crippen LogP contribution is 2.18. The third-order valence-corrected chi connectivity index (χ3v) is 3.09. The molecule has 96 valence electrons. The summed E-state index contributed by atoms with van der Waals surface area (Å²) >= 11 is 1.59. The van der Waals surface area contributed by atoms with Crippen molar-refractivity contribution in [1.29, 1.82) is 0 Å². The lowest BCUT2D eigenvalue weighted by Crippen LogP contribution is -2.38. The van der Waals surface area contributed by atoms with Gasteiger partial charge in [0.1, 0.15) is 5.60 Å². The number of nitrogens with zero attached hydrogens (tertiary/aromatic N) is 1. The van der Waals surface area contributed by atoms with Gasteiger partial charge in [-0.25, -0.2) is 4.79 Å². The van der Waals surface area contributed by atoms with E-state index < -0.39 is 5.60 Å². The summed E-state index contributed by atoms with van der Waals surface area (Å²) in [6, 6.07) is 3.76. The molecule has 0 aromatic carbocycles. The summed E-state index contributed by atoms with van der Waals surface area (Å²) in [5, 5.41) is 1.97. The minimum Gasteiger partial charge on any atom is -0.444 e. The van der Waals surface area contributed by atoms with Crippen molar-refractivity contribution in [3.8, 4) is 0 Å². The normalized spacial score (nSPS) is 13.2. The van der Waals surface area contributed by atoms with Gasteiger partial charge in [-0.2, -0.15) is 0 Å². The molecule has 2 N–H and O–H groups in total. The Morgan fingerprint density at radius 2 is 2.24 bits per heavy atom.